The van der Waals surface area contributed by atoms with Crippen molar-refractivity contribution in [3.8, 4) is 5.75 Å². The third-order valence-electron chi connectivity index (χ3n) is 7.27. The number of ether oxygens (including phenoxy) is 1. The standard InChI is InChI=1S/C26H40O/c1-3-4-5-6-21-9-15-24(16-10-21)25-17-11-22(12-18-25)7-8-23-13-19-26(27-2)20-14-23/h7-8,13-14,19-22,24-25H,3-6,9-12,15-18H2,1-2H3/b8-7+. The van der Waals surface area contributed by atoms with Gasteiger partial charge in [0.2, 0.25) is 0 Å². The second-order valence-corrected chi connectivity index (χ2v) is 9.08. The Morgan fingerprint density at radius 3 is 2.07 bits per heavy atom. The first-order valence-corrected chi connectivity index (χ1v) is 11.6. The summed E-state index contributed by atoms with van der Waals surface area (Å²) in [6.45, 7) is 2.32. The molecule has 1 heteroatoms. The van der Waals surface area contributed by atoms with E-state index in [-0.39, 0.29) is 0 Å². The van der Waals surface area contributed by atoms with Gasteiger partial charge < -0.3 is 4.74 Å². The molecule has 3 rings (SSSR count). The number of unbranched alkanes of at least 4 members (excludes halogenated alkanes) is 2. The Morgan fingerprint density at radius 2 is 1.48 bits per heavy atom. The Labute approximate surface area is 167 Å². The maximum absolute atomic E-state index is 5.24. The van der Waals surface area contributed by atoms with Gasteiger partial charge in [0.1, 0.15) is 5.75 Å². The Balaban J connectivity index is 1.37. The highest BCUT2D eigenvalue weighted by Gasteiger charge is 2.30. The predicted octanol–water partition coefficient (Wildman–Crippen LogP) is 7.90. The average molecular weight is 369 g/mol. The second kappa shape index (κ2) is 10.9. The van der Waals surface area contributed by atoms with Gasteiger partial charge in [0.15, 0.2) is 0 Å². The van der Waals surface area contributed by atoms with Crippen LogP contribution in [0.15, 0.2) is 30.3 Å². The van der Waals surface area contributed by atoms with Crippen LogP contribution in [0, 0.1) is 23.7 Å². The minimum absolute atomic E-state index is 0.786. The second-order valence-electron chi connectivity index (χ2n) is 9.08. The minimum Gasteiger partial charge on any atom is -0.497 e. The SMILES string of the molecule is CCCCCC1CCC(C2CCC(/C=C/c3ccc(OC)cc3)CC2)CC1. The summed E-state index contributed by atoms with van der Waals surface area (Å²) in [7, 11) is 1.72. The quantitative estimate of drug-likeness (QED) is 0.424. The number of hydrogen-bond acceptors (Lipinski definition) is 1. The van der Waals surface area contributed by atoms with Crippen molar-refractivity contribution in [2.24, 2.45) is 23.7 Å². The molecule has 2 saturated carbocycles. The molecule has 0 heterocycles. The lowest BCUT2D eigenvalue weighted by Crippen LogP contribution is -2.25. The Bertz CT molecular complexity index is 542. The van der Waals surface area contributed by atoms with Crippen molar-refractivity contribution in [3.63, 3.8) is 0 Å². The Kier molecular flexibility index (Phi) is 8.30. The summed E-state index contributed by atoms with van der Waals surface area (Å²) in [4.78, 5) is 0. The van der Waals surface area contributed by atoms with Crippen molar-refractivity contribution < 1.29 is 4.74 Å². The van der Waals surface area contributed by atoms with Gasteiger partial charge in [0, 0.05) is 0 Å². The van der Waals surface area contributed by atoms with Crippen molar-refractivity contribution in [2.75, 3.05) is 7.11 Å². The molecule has 1 aromatic carbocycles. The van der Waals surface area contributed by atoms with Gasteiger partial charge in [-0.1, -0.05) is 69.7 Å². The molecule has 0 saturated heterocycles. The van der Waals surface area contributed by atoms with E-state index in [9.17, 15) is 0 Å². The molecule has 1 aromatic rings. The summed E-state index contributed by atoms with van der Waals surface area (Å²) in [6, 6.07) is 8.41. The monoisotopic (exact) mass is 368 g/mol. The molecule has 0 unspecified atom stereocenters. The Morgan fingerprint density at radius 1 is 0.852 bits per heavy atom. The van der Waals surface area contributed by atoms with E-state index in [4.69, 9.17) is 4.74 Å². The van der Waals surface area contributed by atoms with Gasteiger partial charge in [-0.05, 0) is 79.9 Å². The summed E-state index contributed by atoms with van der Waals surface area (Å²) in [5.74, 6) is 4.84. The first-order valence-electron chi connectivity index (χ1n) is 11.6. The maximum Gasteiger partial charge on any atom is 0.118 e. The fourth-order valence-electron chi connectivity index (χ4n) is 5.40. The summed E-state index contributed by atoms with van der Waals surface area (Å²) < 4.78 is 5.24. The van der Waals surface area contributed by atoms with Crippen LogP contribution < -0.4 is 4.74 Å². The third-order valence-corrected chi connectivity index (χ3v) is 7.27. The van der Waals surface area contributed by atoms with Gasteiger partial charge in [0.25, 0.3) is 0 Å². The van der Waals surface area contributed by atoms with Gasteiger partial charge in [-0.3, -0.25) is 0 Å². The zero-order chi connectivity index (χ0) is 18.9. The van der Waals surface area contributed by atoms with Crippen LogP contribution in [-0.2, 0) is 0 Å². The lowest BCUT2D eigenvalue weighted by Gasteiger charge is -2.37. The number of rotatable bonds is 8. The van der Waals surface area contributed by atoms with E-state index in [2.05, 4.69) is 43.3 Å². The molecule has 0 amide bonds. The zero-order valence-corrected chi connectivity index (χ0v) is 17.7. The van der Waals surface area contributed by atoms with E-state index in [0.717, 1.165) is 29.4 Å². The summed E-state index contributed by atoms with van der Waals surface area (Å²) in [5, 5.41) is 0. The first kappa shape index (κ1) is 20.5. The van der Waals surface area contributed by atoms with Crippen LogP contribution in [0.4, 0.5) is 0 Å². The third kappa shape index (κ3) is 6.40. The number of methoxy groups -OCH3 is 1. The lowest BCUT2D eigenvalue weighted by molar-refractivity contribution is 0.151. The number of benzene rings is 1. The molecule has 150 valence electrons. The highest BCUT2D eigenvalue weighted by molar-refractivity contribution is 5.50. The predicted molar refractivity (Wildman–Crippen MR) is 117 cm³/mol. The fourth-order valence-corrected chi connectivity index (χ4v) is 5.40. The lowest BCUT2D eigenvalue weighted by atomic mass is 9.68. The van der Waals surface area contributed by atoms with Crippen molar-refractivity contribution >= 4 is 6.08 Å². The molecule has 0 bridgehead atoms. The van der Waals surface area contributed by atoms with E-state index >= 15 is 0 Å². The molecule has 2 aliphatic carbocycles. The molecule has 0 aromatic heterocycles. The highest BCUT2D eigenvalue weighted by atomic mass is 16.5. The van der Waals surface area contributed by atoms with Gasteiger partial charge in [-0.15, -0.1) is 0 Å². The maximum atomic E-state index is 5.24. The van der Waals surface area contributed by atoms with Gasteiger partial charge in [0.05, 0.1) is 7.11 Å². The number of hydrogen-bond donors (Lipinski definition) is 0. The largest absolute Gasteiger partial charge is 0.497 e. The molecule has 0 aliphatic heterocycles. The first-order chi connectivity index (χ1) is 13.3. The van der Waals surface area contributed by atoms with E-state index in [1.165, 1.54) is 82.6 Å². The minimum atomic E-state index is 0.786. The Hall–Kier alpha value is -1.24. The van der Waals surface area contributed by atoms with Crippen LogP contribution in [-0.4, -0.2) is 7.11 Å². The van der Waals surface area contributed by atoms with E-state index in [1.807, 2.05) is 0 Å². The normalized spacial score (nSPS) is 29.1. The fraction of sp³-hybridized carbons (Fsp3) is 0.692. The van der Waals surface area contributed by atoms with Crippen LogP contribution in [0.1, 0.15) is 89.5 Å². The molecule has 2 fully saturated rings. The highest BCUT2D eigenvalue weighted by Crippen LogP contribution is 2.42. The summed E-state index contributed by atoms with van der Waals surface area (Å²) in [5.41, 5.74) is 1.29. The summed E-state index contributed by atoms with van der Waals surface area (Å²) in [6.07, 6.45) is 22.3. The molecule has 2 aliphatic rings. The topological polar surface area (TPSA) is 9.23 Å². The molecule has 27 heavy (non-hydrogen) atoms. The molecular weight excluding hydrogens is 328 g/mol. The smallest absolute Gasteiger partial charge is 0.118 e. The van der Waals surface area contributed by atoms with E-state index in [1.54, 1.807) is 7.11 Å². The van der Waals surface area contributed by atoms with E-state index < -0.39 is 0 Å². The van der Waals surface area contributed by atoms with Crippen molar-refractivity contribution in [1.29, 1.82) is 0 Å². The molecule has 0 N–H and O–H groups in total. The van der Waals surface area contributed by atoms with Crippen LogP contribution >= 0.6 is 0 Å². The van der Waals surface area contributed by atoms with E-state index in [0.29, 0.717) is 0 Å². The number of allylic oxidation sites excluding steroid dienone is 1. The van der Waals surface area contributed by atoms with Crippen LogP contribution in [0.5, 0.6) is 5.75 Å². The van der Waals surface area contributed by atoms with Gasteiger partial charge in [-0.25, -0.2) is 0 Å². The molecule has 0 spiro atoms. The average Bonchev–Trinajstić information content (AvgIpc) is 2.74. The van der Waals surface area contributed by atoms with Crippen molar-refractivity contribution in [1.82, 2.24) is 0 Å². The van der Waals surface area contributed by atoms with Crippen LogP contribution in [0.25, 0.3) is 6.08 Å². The van der Waals surface area contributed by atoms with Gasteiger partial charge >= 0.3 is 0 Å². The molecule has 0 radical (unpaired) electrons. The van der Waals surface area contributed by atoms with Crippen LogP contribution in [0.3, 0.4) is 0 Å². The summed E-state index contributed by atoms with van der Waals surface area (Å²) >= 11 is 0. The van der Waals surface area contributed by atoms with Crippen molar-refractivity contribution in [2.45, 2.75) is 84.0 Å². The van der Waals surface area contributed by atoms with Crippen LogP contribution in [0.2, 0.25) is 0 Å². The van der Waals surface area contributed by atoms with Crippen molar-refractivity contribution in [3.05, 3.63) is 35.9 Å². The zero-order valence-electron chi connectivity index (χ0n) is 17.7. The molecule has 0 atom stereocenters. The van der Waals surface area contributed by atoms with Gasteiger partial charge in [-0.2, -0.15) is 0 Å². The molecule has 1 nitrogen and oxygen atoms in total. The molecular formula is C26H40O.